The molecule has 0 saturated heterocycles. The van der Waals surface area contributed by atoms with Crippen LogP contribution in [-0.2, 0) is 10.9 Å². The largest absolute Gasteiger partial charge is 0.466 e. The number of alkyl halides is 5. The molecule has 0 aliphatic heterocycles. The number of nitrogens with zero attached hydrogens (tertiary/aromatic N) is 1. The number of hydrogen-bond donors (Lipinski definition) is 1. The van der Waals surface area contributed by atoms with Crippen molar-refractivity contribution in [2.45, 2.75) is 25.3 Å². The zero-order valence-electron chi connectivity index (χ0n) is 7.66. The van der Waals surface area contributed by atoms with E-state index in [0.717, 1.165) is 4.31 Å². The first-order chi connectivity index (χ1) is 6.18. The second kappa shape index (κ2) is 4.52. The van der Waals surface area contributed by atoms with Crippen LogP contribution < -0.4 is 0 Å². The molecule has 0 aromatic heterocycles. The summed E-state index contributed by atoms with van der Waals surface area (Å²) in [6, 6.07) is 0. The lowest BCUT2D eigenvalue weighted by molar-refractivity contribution is -0.240. The van der Waals surface area contributed by atoms with E-state index >= 15 is 0 Å². The first kappa shape index (κ1) is 13.8. The molecule has 0 aromatic carbocycles. The summed E-state index contributed by atoms with van der Waals surface area (Å²) in [4.78, 5) is 0. The van der Waals surface area contributed by atoms with E-state index in [9.17, 15) is 22.0 Å². The van der Waals surface area contributed by atoms with E-state index in [1.54, 1.807) is 0 Å². The van der Waals surface area contributed by atoms with Crippen molar-refractivity contribution in [3.63, 3.8) is 0 Å². The number of halogens is 5. The van der Waals surface area contributed by atoms with Crippen molar-refractivity contribution in [2.24, 2.45) is 0 Å². The van der Waals surface area contributed by atoms with Gasteiger partial charge in [0, 0.05) is 24.0 Å². The summed E-state index contributed by atoms with van der Waals surface area (Å²) in [5, 5.41) is -4.96. The summed E-state index contributed by atoms with van der Waals surface area (Å²) in [5.41, 5.74) is 0. The summed E-state index contributed by atoms with van der Waals surface area (Å²) in [5.74, 6) is 0. The van der Waals surface area contributed by atoms with Gasteiger partial charge in [-0.25, -0.2) is 4.31 Å². The molecule has 8 heteroatoms. The molecule has 0 rings (SSSR count). The van der Waals surface area contributed by atoms with E-state index in [4.69, 9.17) is 4.78 Å². The quantitative estimate of drug-likeness (QED) is 0.749. The highest BCUT2D eigenvalue weighted by Gasteiger charge is 2.61. The van der Waals surface area contributed by atoms with E-state index < -0.39 is 22.3 Å². The zero-order valence-corrected chi connectivity index (χ0v) is 8.48. The molecule has 1 unspecified atom stereocenters. The predicted molar refractivity (Wildman–Crippen MR) is 44.0 cm³/mol. The Kier molecular flexibility index (Phi) is 4.44. The van der Waals surface area contributed by atoms with Crippen LogP contribution in [0.4, 0.5) is 22.0 Å². The highest BCUT2D eigenvalue weighted by Crippen LogP contribution is 2.39. The fourth-order valence-corrected chi connectivity index (χ4v) is 1.81. The van der Waals surface area contributed by atoms with Gasteiger partial charge in [-0.15, -0.1) is 0 Å². The van der Waals surface area contributed by atoms with Crippen LogP contribution in [-0.4, -0.2) is 28.8 Å². The Morgan fingerprint density at radius 2 is 1.43 bits per heavy atom. The van der Waals surface area contributed by atoms with Crippen molar-refractivity contribution in [1.29, 1.82) is 4.78 Å². The maximum atomic E-state index is 12.6. The van der Waals surface area contributed by atoms with E-state index in [1.165, 1.54) is 13.8 Å². The maximum Gasteiger partial charge on any atom is 0.466 e. The second-order valence-corrected chi connectivity index (χ2v) is 4.01. The highest BCUT2D eigenvalue weighted by atomic mass is 32.2. The SMILES string of the molecule is CCN(CC)S(=N)C(F)(F)C(F)(F)F. The average molecular weight is 238 g/mol. The predicted octanol–water partition coefficient (Wildman–Crippen LogP) is 2.78. The molecule has 0 aliphatic carbocycles. The topological polar surface area (TPSA) is 27.1 Å². The van der Waals surface area contributed by atoms with Gasteiger partial charge in [-0.2, -0.15) is 22.0 Å². The normalized spacial score (nSPS) is 16.0. The molecule has 0 aromatic rings. The smallest absolute Gasteiger partial charge is 0.260 e. The third kappa shape index (κ3) is 2.63. The molecule has 1 N–H and O–H groups in total. The molecule has 0 amide bonds. The third-order valence-corrected chi connectivity index (χ3v) is 3.29. The van der Waals surface area contributed by atoms with Gasteiger partial charge in [-0.3, -0.25) is 4.78 Å². The van der Waals surface area contributed by atoms with E-state index in [1.807, 2.05) is 0 Å². The molecule has 0 radical (unpaired) electrons. The van der Waals surface area contributed by atoms with Crippen LogP contribution in [0.3, 0.4) is 0 Å². The molecule has 0 fully saturated rings. The average Bonchev–Trinajstić information content (AvgIpc) is 2.04. The van der Waals surface area contributed by atoms with Gasteiger partial charge in [0.1, 0.15) is 0 Å². The van der Waals surface area contributed by atoms with Crippen molar-refractivity contribution >= 4 is 10.9 Å². The van der Waals surface area contributed by atoms with Gasteiger partial charge in [-0.05, 0) is 0 Å². The third-order valence-electron chi connectivity index (χ3n) is 1.54. The molecule has 1 atom stereocenters. The van der Waals surface area contributed by atoms with E-state index in [-0.39, 0.29) is 13.1 Å². The first-order valence-corrected chi connectivity index (χ1v) is 5.01. The number of rotatable bonds is 4. The first-order valence-electron chi connectivity index (χ1n) is 3.83. The fourth-order valence-electron chi connectivity index (χ4n) is 0.754. The van der Waals surface area contributed by atoms with Crippen molar-refractivity contribution < 1.29 is 22.0 Å². The van der Waals surface area contributed by atoms with Crippen LogP contribution >= 0.6 is 0 Å². The van der Waals surface area contributed by atoms with Crippen LogP contribution in [0.15, 0.2) is 0 Å². The summed E-state index contributed by atoms with van der Waals surface area (Å²) >= 11 is 0. The molecular formula is C6H11F5N2S. The zero-order chi connectivity index (χ0) is 11.6. The van der Waals surface area contributed by atoms with Crippen LogP contribution in [0.5, 0.6) is 0 Å². The van der Waals surface area contributed by atoms with Gasteiger partial charge in [0.05, 0.1) is 0 Å². The number of hydrogen-bond acceptors (Lipinski definition) is 1. The minimum Gasteiger partial charge on any atom is -0.260 e. The Labute approximate surface area is 81.1 Å². The second-order valence-electron chi connectivity index (χ2n) is 2.41. The van der Waals surface area contributed by atoms with Crippen molar-refractivity contribution in [1.82, 2.24) is 4.31 Å². The summed E-state index contributed by atoms with van der Waals surface area (Å²) in [6.07, 6.45) is -5.65. The van der Waals surface area contributed by atoms with Gasteiger partial charge < -0.3 is 0 Å². The Morgan fingerprint density at radius 1 is 1.07 bits per heavy atom. The molecule has 0 saturated carbocycles. The number of nitrogens with one attached hydrogen (secondary N) is 1. The summed E-state index contributed by atoms with van der Waals surface area (Å²) < 4.78 is 68.3. The van der Waals surface area contributed by atoms with E-state index in [2.05, 4.69) is 0 Å². The Balaban J connectivity index is 4.83. The van der Waals surface area contributed by atoms with Gasteiger partial charge in [0.2, 0.25) is 0 Å². The Bertz CT molecular complexity index is 211. The monoisotopic (exact) mass is 238 g/mol. The van der Waals surface area contributed by atoms with Crippen LogP contribution in [0.1, 0.15) is 13.8 Å². The standard InChI is InChI=1S/C6H11F5N2S/c1-3-13(4-2)14(12)6(10,11)5(7,8)9/h12H,3-4H2,1-2H3. The lowest BCUT2D eigenvalue weighted by Gasteiger charge is -2.28. The molecule has 14 heavy (non-hydrogen) atoms. The Hall–Kier alpha value is -0.240. The van der Waals surface area contributed by atoms with Gasteiger partial charge >= 0.3 is 11.4 Å². The molecular weight excluding hydrogens is 227 g/mol. The van der Waals surface area contributed by atoms with Crippen molar-refractivity contribution in [3.8, 4) is 0 Å². The molecule has 0 aliphatic rings. The summed E-state index contributed by atoms with van der Waals surface area (Å²) in [7, 11) is -2.86. The van der Waals surface area contributed by atoms with Gasteiger partial charge in [-0.1, -0.05) is 13.8 Å². The molecule has 2 nitrogen and oxygen atoms in total. The molecule has 86 valence electrons. The van der Waals surface area contributed by atoms with Crippen molar-refractivity contribution in [3.05, 3.63) is 0 Å². The van der Waals surface area contributed by atoms with Gasteiger partial charge in [0.15, 0.2) is 0 Å². The van der Waals surface area contributed by atoms with Gasteiger partial charge in [0.25, 0.3) is 0 Å². The lowest BCUT2D eigenvalue weighted by Crippen LogP contribution is -2.46. The van der Waals surface area contributed by atoms with Crippen LogP contribution in [0.25, 0.3) is 0 Å². The van der Waals surface area contributed by atoms with Crippen LogP contribution in [0, 0.1) is 4.78 Å². The lowest BCUT2D eigenvalue weighted by atomic mass is 10.7. The summed E-state index contributed by atoms with van der Waals surface area (Å²) in [6.45, 7) is 2.86. The van der Waals surface area contributed by atoms with E-state index in [0.29, 0.717) is 0 Å². The Morgan fingerprint density at radius 3 is 1.64 bits per heavy atom. The molecule has 0 bridgehead atoms. The minimum atomic E-state index is -5.65. The fraction of sp³-hybridized carbons (Fsp3) is 1.00. The van der Waals surface area contributed by atoms with Crippen molar-refractivity contribution in [2.75, 3.05) is 13.1 Å². The molecule has 0 spiro atoms. The highest BCUT2D eigenvalue weighted by molar-refractivity contribution is 7.84. The maximum absolute atomic E-state index is 12.6. The van der Waals surface area contributed by atoms with Crippen LogP contribution in [0.2, 0.25) is 0 Å². The minimum absolute atomic E-state index is 0.00518. The molecule has 0 heterocycles.